The molecule has 2 heteroatoms. The maximum Gasteiger partial charge on any atom is 0.176 e. The van der Waals surface area contributed by atoms with Crippen molar-refractivity contribution in [3.8, 4) is 0 Å². The Morgan fingerprint density at radius 1 is 1.00 bits per heavy atom. The Bertz CT molecular complexity index is 256. The summed E-state index contributed by atoms with van der Waals surface area (Å²) in [5.74, 6) is 3.47. The van der Waals surface area contributed by atoms with Crippen LogP contribution in [0.15, 0.2) is 0 Å². The SMILES string of the molecule is N=CC(=O)C1C2CC3CC(C2)CC1C3. The van der Waals surface area contributed by atoms with E-state index in [1.54, 1.807) is 0 Å². The molecule has 4 rings (SSSR count). The third-order valence-electron chi connectivity index (χ3n) is 4.70. The van der Waals surface area contributed by atoms with Gasteiger partial charge >= 0.3 is 0 Å². The molecule has 0 radical (unpaired) electrons. The molecule has 0 aromatic carbocycles. The third-order valence-corrected chi connectivity index (χ3v) is 4.70. The van der Waals surface area contributed by atoms with Gasteiger partial charge in [0, 0.05) is 5.92 Å². The van der Waals surface area contributed by atoms with Crippen molar-refractivity contribution in [2.24, 2.45) is 29.6 Å². The molecule has 4 aliphatic carbocycles. The predicted octanol–water partition coefficient (Wildman–Crippen LogP) is 2.28. The maximum atomic E-state index is 11.7. The molecule has 1 N–H and O–H groups in total. The van der Waals surface area contributed by atoms with Gasteiger partial charge in [-0.15, -0.1) is 0 Å². The number of carbonyl (C=O) groups excluding carboxylic acids is 1. The van der Waals surface area contributed by atoms with Crippen molar-refractivity contribution in [2.45, 2.75) is 32.1 Å². The van der Waals surface area contributed by atoms with Crippen molar-refractivity contribution >= 4 is 12.0 Å². The summed E-state index contributed by atoms with van der Waals surface area (Å²) in [6.45, 7) is 0. The maximum absolute atomic E-state index is 11.7. The zero-order chi connectivity index (χ0) is 9.71. The second kappa shape index (κ2) is 2.91. The first-order chi connectivity index (χ1) is 6.78. The third kappa shape index (κ3) is 1.09. The van der Waals surface area contributed by atoms with E-state index in [0.717, 1.165) is 18.1 Å². The Hall–Kier alpha value is -0.660. The topological polar surface area (TPSA) is 40.9 Å². The quantitative estimate of drug-likeness (QED) is 0.668. The minimum Gasteiger partial charge on any atom is -0.305 e. The molecule has 0 amide bonds. The van der Waals surface area contributed by atoms with Crippen molar-refractivity contribution in [1.82, 2.24) is 0 Å². The summed E-state index contributed by atoms with van der Waals surface area (Å²) in [4.78, 5) is 11.7. The highest BCUT2D eigenvalue weighted by molar-refractivity contribution is 6.27. The highest BCUT2D eigenvalue weighted by atomic mass is 16.1. The van der Waals surface area contributed by atoms with E-state index in [-0.39, 0.29) is 11.7 Å². The molecule has 14 heavy (non-hydrogen) atoms. The second-order valence-electron chi connectivity index (χ2n) is 5.50. The van der Waals surface area contributed by atoms with Crippen LogP contribution in [0.3, 0.4) is 0 Å². The molecule has 4 saturated carbocycles. The lowest BCUT2D eigenvalue weighted by atomic mass is 9.51. The van der Waals surface area contributed by atoms with Gasteiger partial charge in [-0.2, -0.15) is 0 Å². The van der Waals surface area contributed by atoms with E-state index >= 15 is 0 Å². The zero-order valence-electron chi connectivity index (χ0n) is 8.41. The number of Topliss-reactive ketones (excluding diaryl/α,β-unsaturated/α-hetero) is 1. The summed E-state index contributed by atoms with van der Waals surface area (Å²) in [5, 5.41) is 7.11. The molecule has 0 unspecified atom stereocenters. The molecule has 0 atom stereocenters. The summed E-state index contributed by atoms with van der Waals surface area (Å²) < 4.78 is 0. The molecule has 0 aliphatic heterocycles. The van der Waals surface area contributed by atoms with Crippen LogP contribution in [-0.4, -0.2) is 12.0 Å². The Labute approximate surface area is 84.6 Å². The molecule has 0 spiro atoms. The number of ketones is 1. The van der Waals surface area contributed by atoms with E-state index in [1.807, 2.05) is 0 Å². The standard InChI is InChI=1S/C12H17NO/c13-6-11(14)12-9-2-7-1-8(4-9)5-10(12)3-7/h6-10,12-13H,1-5H2. The van der Waals surface area contributed by atoms with Crippen molar-refractivity contribution in [2.75, 3.05) is 0 Å². The van der Waals surface area contributed by atoms with Gasteiger partial charge in [0.1, 0.15) is 0 Å². The van der Waals surface area contributed by atoms with E-state index in [0.29, 0.717) is 11.8 Å². The van der Waals surface area contributed by atoms with Crippen molar-refractivity contribution < 1.29 is 4.79 Å². The van der Waals surface area contributed by atoms with Gasteiger partial charge in [0.2, 0.25) is 0 Å². The number of rotatable bonds is 2. The lowest BCUT2D eigenvalue weighted by Gasteiger charge is -2.53. The Morgan fingerprint density at radius 3 is 1.93 bits per heavy atom. The second-order valence-corrected chi connectivity index (χ2v) is 5.50. The van der Waals surface area contributed by atoms with Gasteiger partial charge in [0.15, 0.2) is 5.78 Å². The first-order valence-corrected chi connectivity index (χ1v) is 5.82. The highest BCUT2D eigenvalue weighted by Crippen LogP contribution is 2.56. The van der Waals surface area contributed by atoms with E-state index in [2.05, 4.69) is 0 Å². The Morgan fingerprint density at radius 2 is 1.50 bits per heavy atom. The molecule has 0 heterocycles. The number of nitrogens with one attached hydrogen (secondary N) is 1. The molecular formula is C12H17NO. The van der Waals surface area contributed by atoms with Gasteiger partial charge < -0.3 is 5.41 Å². The van der Waals surface area contributed by atoms with E-state index in [1.165, 1.54) is 32.1 Å². The summed E-state index contributed by atoms with van der Waals surface area (Å²) in [7, 11) is 0. The summed E-state index contributed by atoms with van der Waals surface area (Å²) in [6, 6.07) is 0. The van der Waals surface area contributed by atoms with Crippen molar-refractivity contribution in [3.05, 3.63) is 0 Å². The number of hydrogen-bond acceptors (Lipinski definition) is 2. The molecule has 4 bridgehead atoms. The van der Waals surface area contributed by atoms with Crippen LogP contribution in [0.2, 0.25) is 0 Å². The number of carbonyl (C=O) groups is 1. The largest absolute Gasteiger partial charge is 0.305 e. The Kier molecular flexibility index (Phi) is 1.80. The average molecular weight is 191 g/mol. The van der Waals surface area contributed by atoms with Gasteiger partial charge in [-0.1, -0.05) is 0 Å². The lowest BCUT2D eigenvalue weighted by Crippen LogP contribution is -2.48. The smallest absolute Gasteiger partial charge is 0.176 e. The van der Waals surface area contributed by atoms with Crippen LogP contribution in [0.5, 0.6) is 0 Å². The first-order valence-electron chi connectivity index (χ1n) is 5.82. The lowest BCUT2D eigenvalue weighted by molar-refractivity contribution is -0.128. The van der Waals surface area contributed by atoms with Gasteiger partial charge in [-0.25, -0.2) is 0 Å². The molecule has 76 valence electrons. The van der Waals surface area contributed by atoms with E-state index < -0.39 is 0 Å². The van der Waals surface area contributed by atoms with Crippen LogP contribution in [0.1, 0.15) is 32.1 Å². The zero-order valence-corrected chi connectivity index (χ0v) is 8.41. The van der Waals surface area contributed by atoms with Crippen LogP contribution in [0, 0.1) is 35.0 Å². The summed E-state index contributed by atoms with van der Waals surface area (Å²) in [5.41, 5.74) is 0. The molecular weight excluding hydrogens is 174 g/mol. The highest BCUT2D eigenvalue weighted by Gasteiger charge is 2.50. The van der Waals surface area contributed by atoms with Gasteiger partial charge in [-0.3, -0.25) is 4.79 Å². The van der Waals surface area contributed by atoms with Crippen LogP contribution < -0.4 is 0 Å². The fourth-order valence-electron chi connectivity index (χ4n) is 4.49. The minimum absolute atomic E-state index is 0.110. The van der Waals surface area contributed by atoms with Crippen LogP contribution in [0.4, 0.5) is 0 Å². The monoisotopic (exact) mass is 191 g/mol. The number of hydrogen-bond donors (Lipinski definition) is 1. The average Bonchev–Trinajstić information content (AvgIpc) is 2.15. The molecule has 0 aromatic heterocycles. The van der Waals surface area contributed by atoms with E-state index in [9.17, 15) is 4.79 Å². The predicted molar refractivity (Wildman–Crippen MR) is 54.3 cm³/mol. The van der Waals surface area contributed by atoms with Gasteiger partial charge in [0.05, 0.1) is 6.21 Å². The Balaban J connectivity index is 1.87. The van der Waals surface area contributed by atoms with Crippen LogP contribution in [-0.2, 0) is 4.79 Å². The normalized spacial score (nSPS) is 49.3. The van der Waals surface area contributed by atoms with Crippen molar-refractivity contribution in [3.63, 3.8) is 0 Å². The summed E-state index contributed by atoms with van der Waals surface area (Å²) >= 11 is 0. The first kappa shape index (κ1) is 8.63. The van der Waals surface area contributed by atoms with Crippen LogP contribution >= 0.6 is 0 Å². The van der Waals surface area contributed by atoms with Gasteiger partial charge in [-0.05, 0) is 55.8 Å². The fourth-order valence-corrected chi connectivity index (χ4v) is 4.49. The molecule has 4 aliphatic rings. The molecule has 0 saturated heterocycles. The molecule has 4 fully saturated rings. The van der Waals surface area contributed by atoms with Crippen LogP contribution in [0.25, 0.3) is 0 Å². The molecule has 0 aromatic rings. The van der Waals surface area contributed by atoms with Gasteiger partial charge in [0.25, 0.3) is 0 Å². The fraction of sp³-hybridized carbons (Fsp3) is 0.833. The summed E-state index contributed by atoms with van der Waals surface area (Å²) in [6.07, 6.45) is 7.59. The van der Waals surface area contributed by atoms with E-state index in [4.69, 9.17) is 5.41 Å². The molecule has 2 nitrogen and oxygen atoms in total. The minimum atomic E-state index is 0.110. The van der Waals surface area contributed by atoms with Crippen molar-refractivity contribution in [1.29, 1.82) is 5.41 Å².